The highest BCUT2D eigenvalue weighted by molar-refractivity contribution is 9.11. The molecule has 0 bridgehead atoms. The van der Waals surface area contributed by atoms with Gasteiger partial charge in [0.1, 0.15) is 24.7 Å². The molecule has 10 heteroatoms. The number of ether oxygens (including phenoxy) is 2. The predicted octanol–water partition coefficient (Wildman–Crippen LogP) is 6.31. The van der Waals surface area contributed by atoms with Gasteiger partial charge in [-0.3, -0.25) is 19.3 Å². The van der Waals surface area contributed by atoms with Crippen LogP contribution in [0, 0.1) is 5.82 Å². The van der Waals surface area contributed by atoms with Gasteiger partial charge in [0, 0.05) is 5.56 Å². The number of amides is 2. The molecule has 0 unspecified atom stereocenters. The zero-order valence-electron chi connectivity index (χ0n) is 17.6. The van der Waals surface area contributed by atoms with Crippen LogP contribution in [0.4, 0.5) is 9.18 Å². The van der Waals surface area contributed by atoms with Crippen molar-refractivity contribution in [3.8, 4) is 5.75 Å². The number of hydrogen-bond acceptors (Lipinski definition) is 6. The summed E-state index contributed by atoms with van der Waals surface area (Å²) in [7, 11) is 0. The monoisotopic (exact) mass is 599 g/mol. The summed E-state index contributed by atoms with van der Waals surface area (Å²) < 4.78 is 25.8. The highest BCUT2D eigenvalue weighted by Crippen LogP contribution is 2.38. The Bertz CT molecular complexity index is 1090. The van der Waals surface area contributed by atoms with Gasteiger partial charge in [0.2, 0.25) is 0 Å². The summed E-state index contributed by atoms with van der Waals surface area (Å²) >= 11 is 7.62. The fraction of sp³-hybridized carbons (Fsp3) is 0.261. The lowest BCUT2D eigenvalue weighted by Gasteiger charge is -2.12. The number of hydrogen-bond donors (Lipinski definition) is 0. The van der Waals surface area contributed by atoms with E-state index in [9.17, 15) is 18.8 Å². The van der Waals surface area contributed by atoms with Crippen molar-refractivity contribution in [1.82, 2.24) is 4.90 Å². The molecule has 0 atom stereocenters. The number of rotatable bonds is 9. The fourth-order valence-corrected chi connectivity index (χ4v) is 5.15. The van der Waals surface area contributed by atoms with Crippen LogP contribution in [0.25, 0.3) is 6.08 Å². The van der Waals surface area contributed by atoms with E-state index in [1.54, 1.807) is 36.4 Å². The topological polar surface area (TPSA) is 72.9 Å². The first-order valence-corrected chi connectivity index (χ1v) is 12.5. The van der Waals surface area contributed by atoms with Gasteiger partial charge in [-0.1, -0.05) is 31.5 Å². The quantitative estimate of drug-likeness (QED) is 0.191. The molecule has 2 aromatic rings. The number of nitrogens with zero attached hydrogens (tertiary/aromatic N) is 1. The molecule has 33 heavy (non-hydrogen) atoms. The van der Waals surface area contributed by atoms with Gasteiger partial charge in [-0.15, -0.1) is 0 Å². The smallest absolute Gasteiger partial charge is 0.326 e. The van der Waals surface area contributed by atoms with Crippen molar-refractivity contribution < 1.29 is 28.2 Å². The van der Waals surface area contributed by atoms with Crippen molar-refractivity contribution in [2.45, 2.75) is 26.4 Å². The van der Waals surface area contributed by atoms with Crippen molar-refractivity contribution in [1.29, 1.82) is 0 Å². The Morgan fingerprint density at radius 2 is 1.88 bits per heavy atom. The molecule has 0 aliphatic carbocycles. The first kappa shape index (κ1) is 25.5. The molecule has 0 N–H and O–H groups in total. The predicted molar refractivity (Wildman–Crippen MR) is 131 cm³/mol. The fourth-order valence-electron chi connectivity index (χ4n) is 2.86. The van der Waals surface area contributed by atoms with E-state index in [2.05, 4.69) is 31.9 Å². The van der Waals surface area contributed by atoms with Gasteiger partial charge in [0.25, 0.3) is 11.1 Å². The van der Waals surface area contributed by atoms with Crippen LogP contribution in [-0.4, -0.2) is 35.2 Å². The van der Waals surface area contributed by atoms with Crippen LogP contribution in [-0.2, 0) is 20.9 Å². The summed E-state index contributed by atoms with van der Waals surface area (Å²) in [6.45, 7) is 1.85. The SMILES string of the molecule is CCCCOC(=O)CN1C(=O)S/C(=C/c2cc(Br)c(OCc3ccccc3F)c(Br)c2)C1=O. The summed E-state index contributed by atoms with van der Waals surface area (Å²) in [6, 6.07) is 9.78. The van der Waals surface area contributed by atoms with Crippen LogP contribution >= 0.6 is 43.6 Å². The van der Waals surface area contributed by atoms with E-state index in [4.69, 9.17) is 9.47 Å². The largest absolute Gasteiger partial charge is 0.486 e. The van der Waals surface area contributed by atoms with Crippen molar-refractivity contribution in [3.63, 3.8) is 0 Å². The minimum atomic E-state index is -0.617. The lowest BCUT2D eigenvalue weighted by atomic mass is 10.2. The molecule has 1 aliphatic rings. The molecule has 1 fully saturated rings. The second-order valence-corrected chi connectivity index (χ2v) is 9.74. The Hall–Kier alpha value is -2.17. The number of halogens is 3. The van der Waals surface area contributed by atoms with E-state index in [0.717, 1.165) is 29.5 Å². The Balaban J connectivity index is 1.70. The van der Waals surface area contributed by atoms with Gasteiger partial charge in [-0.25, -0.2) is 4.39 Å². The molecule has 0 spiro atoms. The minimum Gasteiger partial charge on any atom is -0.486 e. The van der Waals surface area contributed by atoms with Crippen molar-refractivity contribution in [3.05, 3.63) is 67.2 Å². The third-order valence-electron chi connectivity index (χ3n) is 4.57. The Labute approximate surface area is 211 Å². The van der Waals surface area contributed by atoms with Crippen molar-refractivity contribution in [2.24, 2.45) is 0 Å². The number of esters is 1. The van der Waals surface area contributed by atoms with Crippen molar-refractivity contribution >= 4 is 66.8 Å². The van der Waals surface area contributed by atoms with Crippen molar-refractivity contribution in [2.75, 3.05) is 13.2 Å². The average molecular weight is 601 g/mol. The van der Waals surface area contributed by atoms with Gasteiger partial charge in [-0.2, -0.15) is 0 Å². The first-order chi connectivity index (χ1) is 15.8. The maximum absolute atomic E-state index is 13.8. The van der Waals surface area contributed by atoms with Gasteiger partial charge < -0.3 is 9.47 Å². The van der Waals surface area contributed by atoms with E-state index in [0.29, 0.717) is 25.8 Å². The lowest BCUT2D eigenvalue weighted by molar-refractivity contribution is -0.146. The van der Waals surface area contributed by atoms with E-state index >= 15 is 0 Å². The third kappa shape index (κ3) is 6.68. The number of carbonyl (C=O) groups excluding carboxylic acids is 3. The Kier molecular flexibility index (Phi) is 9.10. The molecular weight excluding hydrogens is 581 g/mol. The summed E-state index contributed by atoms with van der Waals surface area (Å²) in [5.41, 5.74) is 1.05. The second-order valence-electron chi connectivity index (χ2n) is 7.04. The molecule has 0 aromatic heterocycles. The van der Waals surface area contributed by atoms with Crippen LogP contribution in [0.1, 0.15) is 30.9 Å². The molecule has 2 amide bonds. The molecule has 3 rings (SSSR count). The van der Waals surface area contributed by atoms with E-state index in [1.165, 1.54) is 6.07 Å². The third-order valence-corrected chi connectivity index (χ3v) is 6.66. The number of unbranched alkanes of at least 4 members (excludes halogenated alkanes) is 1. The highest BCUT2D eigenvalue weighted by atomic mass is 79.9. The van der Waals surface area contributed by atoms with Crippen LogP contribution in [0.15, 0.2) is 50.2 Å². The molecule has 1 aliphatic heterocycles. The maximum Gasteiger partial charge on any atom is 0.326 e. The number of imide groups is 1. The average Bonchev–Trinajstić information content (AvgIpc) is 3.02. The van der Waals surface area contributed by atoms with E-state index in [1.807, 2.05) is 6.92 Å². The lowest BCUT2D eigenvalue weighted by Crippen LogP contribution is -2.34. The Morgan fingerprint density at radius 1 is 1.18 bits per heavy atom. The van der Waals surface area contributed by atoms with E-state index in [-0.39, 0.29) is 23.9 Å². The molecular formula is C23H20Br2FNO5S. The molecule has 174 valence electrons. The second kappa shape index (κ2) is 11.8. The maximum atomic E-state index is 13.8. The summed E-state index contributed by atoms with van der Waals surface area (Å²) in [4.78, 5) is 37.8. The molecule has 2 aromatic carbocycles. The highest BCUT2D eigenvalue weighted by Gasteiger charge is 2.36. The zero-order chi connectivity index (χ0) is 24.0. The van der Waals surface area contributed by atoms with Gasteiger partial charge in [0.15, 0.2) is 0 Å². The van der Waals surface area contributed by atoms with Gasteiger partial charge in [0.05, 0.1) is 20.5 Å². The first-order valence-electron chi connectivity index (χ1n) is 10.1. The molecule has 0 radical (unpaired) electrons. The minimum absolute atomic E-state index is 0.0382. The molecule has 1 saturated heterocycles. The summed E-state index contributed by atoms with van der Waals surface area (Å²) in [5, 5.41) is -0.526. The van der Waals surface area contributed by atoms with E-state index < -0.39 is 23.7 Å². The Morgan fingerprint density at radius 3 is 2.55 bits per heavy atom. The van der Waals surface area contributed by atoms with Crippen LogP contribution in [0.2, 0.25) is 0 Å². The summed E-state index contributed by atoms with van der Waals surface area (Å²) in [6.07, 6.45) is 3.15. The van der Waals surface area contributed by atoms with Gasteiger partial charge >= 0.3 is 5.97 Å². The van der Waals surface area contributed by atoms with Crippen LogP contribution < -0.4 is 4.74 Å². The summed E-state index contributed by atoms with van der Waals surface area (Å²) in [5.74, 6) is -1.05. The molecule has 1 heterocycles. The number of carbonyl (C=O) groups is 3. The van der Waals surface area contributed by atoms with Crippen LogP contribution in [0.3, 0.4) is 0 Å². The normalized spacial score (nSPS) is 14.8. The molecule has 0 saturated carbocycles. The zero-order valence-corrected chi connectivity index (χ0v) is 21.6. The van der Waals surface area contributed by atoms with Crippen LogP contribution in [0.5, 0.6) is 5.75 Å². The number of thioether (sulfide) groups is 1. The number of benzene rings is 2. The van der Waals surface area contributed by atoms with Gasteiger partial charge in [-0.05, 0) is 79.9 Å². The molecule has 6 nitrogen and oxygen atoms in total. The standard InChI is InChI=1S/C23H20Br2FNO5S/c1-2-3-8-31-20(28)12-27-22(29)19(33-23(27)30)11-14-9-16(24)21(17(25)10-14)32-13-15-6-4-5-7-18(15)26/h4-7,9-11H,2-3,8,12-13H2,1H3/b19-11+.